The molecule has 0 spiro atoms. The molecule has 0 amide bonds. The zero-order valence-corrected chi connectivity index (χ0v) is 11.7. The number of carbonyl (C=O) groups is 1. The average Bonchev–Trinajstić information content (AvgIpc) is 2.76. The van der Waals surface area contributed by atoms with Crippen LogP contribution in [-0.4, -0.2) is 15.6 Å². The Morgan fingerprint density at radius 1 is 1.37 bits per heavy atom. The van der Waals surface area contributed by atoms with E-state index in [0.717, 1.165) is 0 Å². The summed E-state index contributed by atoms with van der Waals surface area (Å²) in [6.07, 6.45) is 1.31. The Labute approximate surface area is 119 Å². The van der Waals surface area contributed by atoms with Crippen molar-refractivity contribution < 1.29 is 9.18 Å². The molecule has 0 radical (unpaired) electrons. The highest BCUT2D eigenvalue weighted by atomic mass is 35.5. The van der Waals surface area contributed by atoms with Gasteiger partial charge in [-0.1, -0.05) is 35.3 Å². The third-order valence-electron chi connectivity index (χ3n) is 2.74. The molecule has 0 saturated heterocycles. The molecule has 0 aliphatic rings. The predicted molar refractivity (Wildman–Crippen MR) is 72.4 cm³/mol. The zero-order valence-electron chi connectivity index (χ0n) is 10.2. The van der Waals surface area contributed by atoms with Crippen molar-refractivity contribution in [1.82, 2.24) is 9.78 Å². The minimum atomic E-state index is -0.573. The summed E-state index contributed by atoms with van der Waals surface area (Å²) in [6, 6.07) is 4.57. The first-order valence-corrected chi connectivity index (χ1v) is 6.47. The zero-order chi connectivity index (χ0) is 14.0. The summed E-state index contributed by atoms with van der Waals surface area (Å²) in [5.41, 5.74) is 0.543. The van der Waals surface area contributed by atoms with Crippen LogP contribution in [0.25, 0.3) is 0 Å². The Morgan fingerprint density at radius 2 is 2.11 bits per heavy atom. The summed E-state index contributed by atoms with van der Waals surface area (Å²) in [6.45, 7) is 2.37. The van der Waals surface area contributed by atoms with Gasteiger partial charge < -0.3 is 0 Å². The number of halogens is 3. The number of nitrogens with zero attached hydrogens (tertiary/aromatic N) is 2. The van der Waals surface area contributed by atoms with Crippen LogP contribution in [0.2, 0.25) is 10.0 Å². The molecule has 1 aromatic carbocycles. The van der Waals surface area contributed by atoms with E-state index >= 15 is 0 Å². The molecule has 100 valence electrons. The van der Waals surface area contributed by atoms with Crippen LogP contribution in [0.5, 0.6) is 0 Å². The minimum absolute atomic E-state index is 0.000367. The second-order valence-corrected chi connectivity index (χ2v) is 4.78. The topological polar surface area (TPSA) is 34.9 Å². The lowest BCUT2D eigenvalue weighted by Gasteiger charge is -2.06. The van der Waals surface area contributed by atoms with E-state index in [9.17, 15) is 9.18 Å². The molecule has 0 aliphatic carbocycles. The molecule has 1 aromatic heterocycles. The van der Waals surface area contributed by atoms with Crippen LogP contribution < -0.4 is 0 Å². The molecular weight excluding hydrogens is 290 g/mol. The van der Waals surface area contributed by atoms with Crippen LogP contribution in [-0.2, 0) is 13.0 Å². The van der Waals surface area contributed by atoms with Gasteiger partial charge in [-0.05, 0) is 18.6 Å². The van der Waals surface area contributed by atoms with Crippen LogP contribution in [0.15, 0.2) is 24.4 Å². The van der Waals surface area contributed by atoms with Crippen LogP contribution in [0.1, 0.15) is 23.0 Å². The Bertz CT molecular complexity index is 625. The quantitative estimate of drug-likeness (QED) is 0.806. The largest absolute Gasteiger partial charge is 0.292 e. The lowest BCUT2D eigenvalue weighted by Crippen LogP contribution is -2.13. The molecular formula is C13H11Cl2FN2O. The number of hydrogen-bond donors (Lipinski definition) is 0. The molecule has 0 bridgehead atoms. The van der Waals surface area contributed by atoms with Crippen molar-refractivity contribution in [3.8, 4) is 0 Å². The number of carbonyl (C=O) groups excluding carboxylic acids is 1. The van der Waals surface area contributed by atoms with E-state index in [2.05, 4.69) is 5.10 Å². The monoisotopic (exact) mass is 300 g/mol. The molecule has 19 heavy (non-hydrogen) atoms. The second kappa shape index (κ2) is 5.72. The molecule has 6 heteroatoms. The van der Waals surface area contributed by atoms with Gasteiger partial charge in [0.15, 0.2) is 5.78 Å². The molecule has 0 atom stereocenters. The van der Waals surface area contributed by atoms with Gasteiger partial charge in [-0.3, -0.25) is 9.48 Å². The lowest BCUT2D eigenvalue weighted by molar-refractivity contribution is 0.0982. The minimum Gasteiger partial charge on any atom is -0.292 e. The molecule has 0 N–H and O–H groups in total. The summed E-state index contributed by atoms with van der Waals surface area (Å²) in [7, 11) is 0. The first kappa shape index (κ1) is 14.0. The Kier molecular flexibility index (Phi) is 4.22. The maximum atomic E-state index is 13.7. The van der Waals surface area contributed by atoms with Gasteiger partial charge in [0, 0.05) is 13.0 Å². The van der Waals surface area contributed by atoms with Crippen molar-refractivity contribution in [2.24, 2.45) is 0 Å². The van der Waals surface area contributed by atoms with Crippen LogP contribution >= 0.6 is 23.2 Å². The van der Waals surface area contributed by atoms with Crippen molar-refractivity contribution >= 4 is 29.0 Å². The van der Waals surface area contributed by atoms with E-state index in [-0.39, 0.29) is 27.8 Å². The number of ketones is 1. The molecule has 2 aromatic rings. The summed E-state index contributed by atoms with van der Waals surface area (Å²) < 4.78 is 15.2. The fourth-order valence-corrected chi connectivity index (χ4v) is 2.26. The van der Waals surface area contributed by atoms with Crippen molar-refractivity contribution in [3.63, 3.8) is 0 Å². The normalized spacial score (nSPS) is 10.7. The SMILES string of the molecule is CCn1ncc(Cl)c1C(=O)Cc1cccc(Cl)c1F. The highest BCUT2D eigenvalue weighted by Gasteiger charge is 2.19. The summed E-state index contributed by atoms with van der Waals surface area (Å²) in [4.78, 5) is 12.2. The fraction of sp³-hybridized carbons (Fsp3) is 0.231. The van der Waals surface area contributed by atoms with Gasteiger partial charge in [-0.15, -0.1) is 0 Å². The number of rotatable bonds is 4. The van der Waals surface area contributed by atoms with Gasteiger partial charge in [-0.25, -0.2) is 4.39 Å². The highest BCUT2D eigenvalue weighted by Crippen LogP contribution is 2.22. The van der Waals surface area contributed by atoms with Gasteiger partial charge in [0.2, 0.25) is 0 Å². The Balaban J connectivity index is 2.31. The highest BCUT2D eigenvalue weighted by molar-refractivity contribution is 6.33. The van der Waals surface area contributed by atoms with Crippen molar-refractivity contribution in [1.29, 1.82) is 0 Å². The van der Waals surface area contributed by atoms with E-state index < -0.39 is 5.82 Å². The molecule has 0 unspecified atom stereocenters. The van der Waals surface area contributed by atoms with Crippen molar-refractivity contribution in [2.45, 2.75) is 19.9 Å². The van der Waals surface area contributed by atoms with Gasteiger partial charge in [0.05, 0.1) is 16.2 Å². The van der Waals surface area contributed by atoms with Gasteiger partial charge in [-0.2, -0.15) is 5.10 Å². The van der Waals surface area contributed by atoms with Gasteiger partial charge in [0.25, 0.3) is 0 Å². The van der Waals surface area contributed by atoms with Crippen molar-refractivity contribution in [3.05, 3.63) is 51.5 Å². The first-order valence-electron chi connectivity index (χ1n) is 5.72. The molecule has 0 fully saturated rings. The van der Waals surface area contributed by atoms with E-state index in [1.54, 1.807) is 6.07 Å². The number of aryl methyl sites for hydroxylation is 1. The lowest BCUT2D eigenvalue weighted by atomic mass is 10.1. The Hall–Kier alpha value is -1.39. The standard InChI is InChI=1S/C13H11Cl2FN2O/c1-2-18-13(10(15)7-17-18)11(19)6-8-4-3-5-9(14)12(8)16/h3-5,7H,2,6H2,1H3. The number of Topliss-reactive ketones (excluding diaryl/α,β-unsaturated/α-hetero) is 1. The molecule has 0 saturated carbocycles. The third kappa shape index (κ3) is 2.80. The first-order chi connectivity index (χ1) is 9.04. The van der Waals surface area contributed by atoms with Crippen LogP contribution in [0, 0.1) is 5.82 Å². The van der Waals surface area contributed by atoms with Crippen LogP contribution in [0.3, 0.4) is 0 Å². The van der Waals surface area contributed by atoms with E-state index in [1.807, 2.05) is 6.92 Å². The smallest absolute Gasteiger partial charge is 0.186 e. The summed E-state index contributed by atoms with van der Waals surface area (Å²) in [5, 5.41) is 4.25. The second-order valence-electron chi connectivity index (χ2n) is 3.97. The molecule has 3 nitrogen and oxygen atoms in total. The van der Waals surface area contributed by atoms with Crippen molar-refractivity contribution in [2.75, 3.05) is 0 Å². The molecule has 0 aliphatic heterocycles. The molecule has 2 rings (SSSR count). The van der Waals surface area contributed by atoms with Gasteiger partial charge >= 0.3 is 0 Å². The average molecular weight is 301 g/mol. The maximum Gasteiger partial charge on any atom is 0.186 e. The van der Waals surface area contributed by atoms with E-state index in [0.29, 0.717) is 12.2 Å². The maximum absolute atomic E-state index is 13.7. The molecule has 1 heterocycles. The summed E-state index contributed by atoms with van der Waals surface area (Å²) >= 11 is 11.6. The third-order valence-corrected chi connectivity index (χ3v) is 3.31. The fourth-order valence-electron chi connectivity index (χ4n) is 1.82. The number of aromatic nitrogens is 2. The van der Waals surface area contributed by atoms with Gasteiger partial charge in [0.1, 0.15) is 11.5 Å². The number of benzene rings is 1. The summed E-state index contributed by atoms with van der Waals surface area (Å²) in [5.74, 6) is -0.860. The van der Waals surface area contributed by atoms with Crippen LogP contribution in [0.4, 0.5) is 4.39 Å². The Morgan fingerprint density at radius 3 is 2.79 bits per heavy atom. The number of hydrogen-bond acceptors (Lipinski definition) is 2. The van der Waals surface area contributed by atoms with E-state index in [1.165, 1.54) is 23.0 Å². The van der Waals surface area contributed by atoms with E-state index in [4.69, 9.17) is 23.2 Å². The predicted octanol–water partition coefficient (Wildman–Crippen LogP) is 3.77.